The van der Waals surface area contributed by atoms with Gasteiger partial charge in [-0.15, -0.1) is 0 Å². The predicted molar refractivity (Wildman–Crippen MR) is 93.6 cm³/mol. The molecule has 3 aromatic rings. The summed E-state index contributed by atoms with van der Waals surface area (Å²) >= 11 is 0. The minimum atomic E-state index is 0.117. The number of hydrogen-bond donors (Lipinski definition) is 0. The number of carbonyl (C=O) groups excluding carboxylic acids is 1. The van der Waals surface area contributed by atoms with Gasteiger partial charge in [0.2, 0.25) is 0 Å². The Morgan fingerprint density at radius 3 is 2.83 bits per heavy atom. The van der Waals surface area contributed by atoms with Crippen molar-refractivity contribution in [2.24, 2.45) is 0 Å². The van der Waals surface area contributed by atoms with Crippen LogP contribution in [0.3, 0.4) is 0 Å². The molecule has 1 unspecified atom stereocenters. The van der Waals surface area contributed by atoms with E-state index in [0.29, 0.717) is 6.04 Å². The molecule has 116 valence electrons. The van der Waals surface area contributed by atoms with Crippen molar-refractivity contribution in [3.05, 3.63) is 54.2 Å². The van der Waals surface area contributed by atoms with Crippen molar-refractivity contribution in [1.29, 1.82) is 0 Å². The molecular formula is C20H20N2O. The molecule has 1 aliphatic heterocycles. The van der Waals surface area contributed by atoms with Gasteiger partial charge in [-0.05, 0) is 49.1 Å². The van der Waals surface area contributed by atoms with Crippen molar-refractivity contribution in [3.8, 4) is 0 Å². The van der Waals surface area contributed by atoms with Gasteiger partial charge in [0, 0.05) is 24.2 Å². The van der Waals surface area contributed by atoms with Gasteiger partial charge in [-0.25, -0.2) is 0 Å². The molecular weight excluding hydrogens is 284 g/mol. The number of carbonyl (C=O) groups is 1. The lowest BCUT2D eigenvalue weighted by molar-refractivity contribution is 0.0637. The maximum Gasteiger partial charge on any atom is 0.256 e. The summed E-state index contributed by atoms with van der Waals surface area (Å²) < 4.78 is 0. The first-order valence-electron chi connectivity index (χ1n) is 8.33. The summed E-state index contributed by atoms with van der Waals surface area (Å²) in [5, 5.41) is 3.30. The van der Waals surface area contributed by atoms with Crippen LogP contribution < -0.4 is 0 Å². The van der Waals surface area contributed by atoms with E-state index in [1.165, 1.54) is 6.42 Å². The molecule has 1 aliphatic rings. The van der Waals surface area contributed by atoms with E-state index in [2.05, 4.69) is 30.1 Å². The van der Waals surface area contributed by atoms with Crippen molar-refractivity contribution < 1.29 is 4.79 Å². The number of likely N-dealkylation sites (tertiary alicyclic amines) is 1. The van der Waals surface area contributed by atoms with Gasteiger partial charge in [0.25, 0.3) is 5.91 Å². The summed E-state index contributed by atoms with van der Waals surface area (Å²) in [6.45, 7) is 2.99. The SMILES string of the molecule is CC1CCCCN1C(=O)c1cc2ccccc2c2cccnc12. The predicted octanol–water partition coefficient (Wildman–Crippen LogP) is 4.40. The highest BCUT2D eigenvalue weighted by atomic mass is 16.2. The van der Waals surface area contributed by atoms with Gasteiger partial charge < -0.3 is 4.90 Å². The first-order chi connectivity index (χ1) is 11.3. The number of hydrogen-bond acceptors (Lipinski definition) is 2. The Balaban J connectivity index is 1.92. The Kier molecular flexibility index (Phi) is 3.49. The third-order valence-electron chi connectivity index (χ3n) is 4.91. The smallest absolute Gasteiger partial charge is 0.256 e. The molecule has 1 aromatic heterocycles. The molecule has 1 fully saturated rings. The number of fused-ring (bicyclic) bond motifs is 3. The summed E-state index contributed by atoms with van der Waals surface area (Å²) in [7, 11) is 0. The number of piperidine rings is 1. The Bertz CT molecular complexity index is 887. The minimum Gasteiger partial charge on any atom is -0.336 e. The van der Waals surface area contributed by atoms with Crippen LogP contribution >= 0.6 is 0 Å². The fourth-order valence-corrected chi connectivity index (χ4v) is 3.65. The fourth-order valence-electron chi connectivity index (χ4n) is 3.65. The summed E-state index contributed by atoms with van der Waals surface area (Å²) in [5.41, 5.74) is 1.54. The Labute approximate surface area is 135 Å². The van der Waals surface area contributed by atoms with E-state index >= 15 is 0 Å². The summed E-state index contributed by atoms with van der Waals surface area (Å²) in [4.78, 5) is 19.7. The van der Waals surface area contributed by atoms with Crippen molar-refractivity contribution in [2.45, 2.75) is 32.2 Å². The summed E-state index contributed by atoms with van der Waals surface area (Å²) in [5.74, 6) is 0.117. The van der Waals surface area contributed by atoms with Crippen LogP contribution in [-0.4, -0.2) is 28.4 Å². The largest absolute Gasteiger partial charge is 0.336 e. The van der Waals surface area contributed by atoms with Gasteiger partial charge in [0.05, 0.1) is 11.1 Å². The highest BCUT2D eigenvalue weighted by molar-refractivity contribution is 6.15. The monoisotopic (exact) mass is 304 g/mol. The topological polar surface area (TPSA) is 33.2 Å². The van der Waals surface area contributed by atoms with Crippen LogP contribution in [-0.2, 0) is 0 Å². The van der Waals surface area contributed by atoms with Crippen LogP contribution in [0.2, 0.25) is 0 Å². The molecule has 0 saturated carbocycles. The van der Waals surface area contributed by atoms with Crippen LogP contribution in [0.25, 0.3) is 21.7 Å². The summed E-state index contributed by atoms with van der Waals surface area (Å²) in [6, 6.07) is 14.5. The van der Waals surface area contributed by atoms with Crippen LogP contribution in [0.4, 0.5) is 0 Å². The molecule has 2 heterocycles. The molecule has 0 aliphatic carbocycles. The molecule has 1 atom stereocenters. The number of aromatic nitrogens is 1. The Hall–Kier alpha value is -2.42. The zero-order chi connectivity index (χ0) is 15.8. The molecule has 23 heavy (non-hydrogen) atoms. The highest BCUT2D eigenvalue weighted by Crippen LogP contribution is 2.29. The van der Waals surface area contributed by atoms with Crippen LogP contribution in [0, 0.1) is 0 Å². The van der Waals surface area contributed by atoms with E-state index < -0.39 is 0 Å². The van der Waals surface area contributed by atoms with E-state index in [9.17, 15) is 4.79 Å². The van der Waals surface area contributed by atoms with E-state index in [1.54, 1.807) is 6.20 Å². The normalized spacial score (nSPS) is 18.5. The highest BCUT2D eigenvalue weighted by Gasteiger charge is 2.26. The van der Waals surface area contributed by atoms with Crippen molar-refractivity contribution in [2.75, 3.05) is 6.54 Å². The molecule has 2 aromatic carbocycles. The lowest BCUT2D eigenvalue weighted by atomic mass is 9.98. The lowest BCUT2D eigenvalue weighted by Crippen LogP contribution is -2.42. The Morgan fingerprint density at radius 2 is 1.96 bits per heavy atom. The van der Waals surface area contributed by atoms with Gasteiger partial charge in [-0.1, -0.05) is 30.3 Å². The average Bonchev–Trinajstić information content (AvgIpc) is 2.61. The maximum atomic E-state index is 13.2. The third kappa shape index (κ3) is 2.37. The van der Waals surface area contributed by atoms with E-state index in [4.69, 9.17) is 0 Å². The standard InChI is InChI=1S/C20H20N2O/c1-14-7-4-5-12-22(14)20(23)18-13-15-8-2-3-9-16(15)17-10-6-11-21-19(17)18/h2-3,6,8-11,13-14H,4-5,7,12H2,1H3. The second-order valence-corrected chi connectivity index (χ2v) is 6.39. The van der Waals surface area contributed by atoms with E-state index in [1.807, 2.05) is 29.2 Å². The van der Waals surface area contributed by atoms with Gasteiger partial charge in [0.1, 0.15) is 0 Å². The van der Waals surface area contributed by atoms with Crippen LogP contribution in [0.5, 0.6) is 0 Å². The molecule has 0 N–H and O–H groups in total. The molecule has 0 bridgehead atoms. The average molecular weight is 304 g/mol. The van der Waals surface area contributed by atoms with Gasteiger partial charge in [-0.2, -0.15) is 0 Å². The second-order valence-electron chi connectivity index (χ2n) is 6.39. The van der Waals surface area contributed by atoms with Gasteiger partial charge >= 0.3 is 0 Å². The second kappa shape index (κ2) is 5.65. The molecule has 1 amide bonds. The zero-order valence-corrected chi connectivity index (χ0v) is 13.3. The molecule has 4 rings (SSSR count). The molecule has 0 spiro atoms. The number of pyridine rings is 1. The zero-order valence-electron chi connectivity index (χ0n) is 13.3. The van der Waals surface area contributed by atoms with Crippen molar-refractivity contribution >= 4 is 27.6 Å². The Morgan fingerprint density at radius 1 is 1.13 bits per heavy atom. The number of rotatable bonds is 1. The third-order valence-corrected chi connectivity index (χ3v) is 4.91. The molecule has 0 radical (unpaired) electrons. The quantitative estimate of drug-likeness (QED) is 0.624. The first-order valence-corrected chi connectivity index (χ1v) is 8.33. The van der Waals surface area contributed by atoms with E-state index in [-0.39, 0.29) is 5.91 Å². The van der Waals surface area contributed by atoms with Crippen LogP contribution in [0.1, 0.15) is 36.5 Å². The van der Waals surface area contributed by atoms with Crippen LogP contribution in [0.15, 0.2) is 48.7 Å². The fraction of sp³-hybridized carbons (Fsp3) is 0.300. The summed E-state index contributed by atoms with van der Waals surface area (Å²) in [6.07, 6.45) is 5.16. The maximum absolute atomic E-state index is 13.2. The van der Waals surface area contributed by atoms with Crippen molar-refractivity contribution in [3.63, 3.8) is 0 Å². The number of benzene rings is 2. The van der Waals surface area contributed by atoms with E-state index in [0.717, 1.165) is 46.6 Å². The van der Waals surface area contributed by atoms with Crippen molar-refractivity contribution in [1.82, 2.24) is 9.88 Å². The van der Waals surface area contributed by atoms with Gasteiger partial charge in [-0.3, -0.25) is 9.78 Å². The first kappa shape index (κ1) is 14.2. The molecule has 3 heteroatoms. The van der Waals surface area contributed by atoms with Gasteiger partial charge in [0.15, 0.2) is 0 Å². The number of amides is 1. The minimum absolute atomic E-state index is 0.117. The lowest BCUT2D eigenvalue weighted by Gasteiger charge is -2.33. The number of nitrogens with zero attached hydrogens (tertiary/aromatic N) is 2. The molecule has 3 nitrogen and oxygen atoms in total. The molecule has 1 saturated heterocycles.